The van der Waals surface area contributed by atoms with Gasteiger partial charge in [0.2, 0.25) is 0 Å². The minimum atomic E-state index is -1.90. The number of esters is 2. The monoisotopic (exact) mass is 819 g/mol. The number of methoxy groups -OCH3 is 1. The van der Waals surface area contributed by atoms with Gasteiger partial charge >= 0.3 is 11.9 Å². The maximum Gasteiger partial charge on any atom is 0.338 e. The number of ether oxygens (including phenoxy) is 8. The van der Waals surface area contributed by atoms with Gasteiger partial charge in [0.15, 0.2) is 12.6 Å². The molecule has 14 heteroatoms. The average Bonchev–Trinajstić information content (AvgIpc) is 3.49. The number of cyclic esters (lactones) is 1. The fourth-order valence-corrected chi connectivity index (χ4v) is 9.69. The van der Waals surface area contributed by atoms with Crippen LogP contribution in [0, 0.1) is 17.8 Å². The molecule has 14 nitrogen and oxygen atoms in total. The lowest BCUT2D eigenvalue weighted by atomic mass is 9.78. The van der Waals surface area contributed by atoms with E-state index in [-0.39, 0.29) is 25.0 Å². The molecule has 3 fully saturated rings. The van der Waals surface area contributed by atoms with Gasteiger partial charge in [-0.15, -0.1) is 0 Å². The Morgan fingerprint density at radius 1 is 1.03 bits per heavy atom. The highest BCUT2D eigenvalue weighted by atomic mass is 16.7. The van der Waals surface area contributed by atoms with Gasteiger partial charge in [0.25, 0.3) is 0 Å². The number of nitrogens with zero attached hydrogens (tertiary/aromatic N) is 1. The minimum absolute atomic E-state index is 0.149. The Balaban J connectivity index is 1.58. The maximum atomic E-state index is 14.7. The van der Waals surface area contributed by atoms with E-state index in [0.29, 0.717) is 24.2 Å². The summed E-state index contributed by atoms with van der Waals surface area (Å²) in [4.78, 5) is 30.0. The Morgan fingerprint density at radius 2 is 1.69 bits per heavy atom. The summed E-state index contributed by atoms with van der Waals surface area (Å²) in [6.07, 6.45) is -7.58. The smallest absolute Gasteiger partial charge is 0.338 e. The van der Waals surface area contributed by atoms with Crippen LogP contribution in [0.3, 0.4) is 0 Å². The number of carbonyl (C=O) groups is 2. The van der Waals surface area contributed by atoms with Crippen molar-refractivity contribution >= 4 is 11.9 Å². The molecule has 5 rings (SSSR count). The fourth-order valence-electron chi connectivity index (χ4n) is 9.69. The lowest BCUT2D eigenvalue weighted by Gasteiger charge is -2.48. The van der Waals surface area contributed by atoms with Gasteiger partial charge in [-0.3, -0.25) is 4.79 Å². The zero-order valence-electron chi connectivity index (χ0n) is 36.7. The van der Waals surface area contributed by atoms with E-state index in [0.717, 1.165) is 5.57 Å². The normalized spacial score (nSPS) is 41.5. The largest absolute Gasteiger partial charge is 0.488 e. The summed E-state index contributed by atoms with van der Waals surface area (Å²) in [5.74, 6) is -3.12. The van der Waals surface area contributed by atoms with E-state index in [1.54, 1.807) is 58.0 Å². The van der Waals surface area contributed by atoms with Crippen LogP contribution in [-0.2, 0) is 42.7 Å². The third-order valence-electron chi connectivity index (χ3n) is 13.2. The second kappa shape index (κ2) is 18.1. The molecule has 2 bridgehead atoms. The summed E-state index contributed by atoms with van der Waals surface area (Å²) < 4.78 is 51.4. The quantitative estimate of drug-likeness (QED) is 0.261. The Bertz CT molecular complexity index is 1600. The van der Waals surface area contributed by atoms with E-state index in [2.05, 4.69) is 0 Å². The van der Waals surface area contributed by atoms with E-state index in [1.165, 1.54) is 14.0 Å². The van der Waals surface area contributed by atoms with Gasteiger partial charge in [0, 0.05) is 31.9 Å². The van der Waals surface area contributed by atoms with Crippen molar-refractivity contribution in [1.29, 1.82) is 0 Å². The van der Waals surface area contributed by atoms with Crippen LogP contribution in [0.15, 0.2) is 41.7 Å². The van der Waals surface area contributed by atoms with Crippen molar-refractivity contribution in [3.63, 3.8) is 0 Å². The lowest BCUT2D eigenvalue weighted by molar-refractivity contribution is -0.316. The van der Waals surface area contributed by atoms with Crippen molar-refractivity contribution in [2.75, 3.05) is 21.2 Å². The summed E-state index contributed by atoms with van der Waals surface area (Å²) >= 11 is 0. The van der Waals surface area contributed by atoms with Crippen LogP contribution in [-0.4, -0.2) is 138 Å². The van der Waals surface area contributed by atoms with Gasteiger partial charge in [-0.1, -0.05) is 39.0 Å². The van der Waals surface area contributed by atoms with Gasteiger partial charge in [-0.05, 0) is 93.1 Å². The molecular weight excluding hydrogens is 750 g/mol. The predicted octanol–water partition coefficient (Wildman–Crippen LogP) is 4.76. The van der Waals surface area contributed by atoms with Gasteiger partial charge in [0.1, 0.15) is 47.5 Å². The van der Waals surface area contributed by atoms with Gasteiger partial charge in [0.05, 0.1) is 41.3 Å². The molecule has 0 aliphatic carbocycles. The van der Waals surface area contributed by atoms with Crippen LogP contribution in [0.4, 0.5) is 0 Å². The molecule has 4 aliphatic rings. The Kier molecular flexibility index (Phi) is 14.5. The number of aliphatic hydroxyl groups excluding tert-OH is 2. The van der Waals surface area contributed by atoms with Gasteiger partial charge < -0.3 is 58.1 Å². The molecular formula is C44H69NO13. The number of benzene rings is 1. The SMILES string of the molecule is CC[C@@H](OC(=O)c1ccccc1)[C@@](C)(O)[C@@H]1OC(=O)[C@H](C)[C@@H](O[C@H]2C[C@@](C)(OC)[C@@H](O)[C@H](C)O2)[C@H](C)[C@@H](O[C@@H]2O[C@H](C)C[C@H](N(C)C)[C@H]2O)[C@@]2(C)CC(C)=C(O2)[C@@H]1C. The molecule has 0 aromatic heterocycles. The topological polar surface area (TPSA) is 172 Å². The minimum Gasteiger partial charge on any atom is -0.488 e. The van der Waals surface area contributed by atoms with E-state index >= 15 is 0 Å². The van der Waals surface area contributed by atoms with E-state index in [1.807, 2.05) is 53.6 Å². The Morgan fingerprint density at radius 3 is 2.29 bits per heavy atom. The number of aliphatic hydroxyl groups is 3. The van der Waals surface area contributed by atoms with E-state index in [9.17, 15) is 24.9 Å². The zero-order chi connectivity index (χ0) is 43.1. The number of rotatable bonds is 11. The first kappa shape index (κ1) is 46.4. The molecule has 17 atom stereocenters. The third kappa shape index (κ3) is 9.30. The summed E-state index contributed by atoms with van der Waals surface area (Å²) in [6.45, 7) is 18.1. The molecule has 0 radical (unpaired) electrons. The van der Waals surface area contributed by atoms with Crippen LogP contribution in [0.2, 0.25) is 0 Å². The zero-order valence-corrected chi connectivity index (χ0v) is 36.7. The summed E-state index contributed by atoms with van der Waals surface area (Å²) in [6, 6.07) is 8.26. The highest BCUT2D eigenvalue weighted by molar-refractivity contribution is 5.89. The van der Waals surface area contributed by atoms with Gasteiger partial charge in [-0.25, -0.2) is 4.79 Å². The van der Waals surface area contributed by atoms with Crippen LogP contribution in [0.5, 0.6) is 0 Å². The predicted molar refractivity (Wildman–Crippen MR) is 213 cm³/mol. The standard InChI is InChI=1S/C44H69NO13/c1-14-31(54-40(49)29-18-16-15-17-19-29)44(10,50)38-25(4)34-23(2)21-43(9,58-34)37(57-41-33(46)30(45(11)12)20-24(3)52-41)26(5)35(27(6)39(48)56-38)55-32-22-42(8,51-13)36(47)28(7)53-32/h15-19,24-28,30-33,35-38,41,46-47,50H,14,20-22H2,1-13H3/t24-,25+,26+,27-,28+,30+,31-,32+,33-,35+,36+,37-,38-,41+,42-,43-,44-/m1/s1. The van der Waals surface area contributed by atoms with Crippen LogP contribution < -0.4 is 0 Å². The molecule has 0 unspecified atom stereocenters. The summed E-state index contributed by atoms with van der Waals surface area (Å²) in [7, 11) is 5.34. The molecule has 328 valence electrons. The van der Waals surface area contributed by atoms with Crippen molar-refractivity contribution in [3.8, 4) is 0 Å². The average molecular weight is 820 g/mol. The lowest BCUT2D eigenvalue weighted by Crippen LogP contribution is -2.60. The molecule has 4 aliphatic heterocycles. The van der Waals surface area contributed by atoms with Crippen LogP contribution >= 0.6 is 0 Å². The first-order chi connectivity index (χ1) is 27.1. The highest BCUT2D eigenvalue weighted by Gasteiger charge is 2.57. The molecule has 0 amide bonds. The Hall–Kier alpha value is -2.66. The molecule has 0 spiro atoms. The molecule has 3 saturated heterocycles. The van der Waals surface area contributed by atoms with Crippen molar-refractivity contribution in [2.45, 2.75) is 179 Å². The third-order valence-corrected chi connectivity index (χ3v) is 13.2. The number of fused-ring (bicyclic) bond motifs is 2. The number of hydrogen-bond acceptors (Lipinski definition) is 14. The molecule has 58 heavy (non-hydrogen) atoms. The maximum absolute atomic E-state index is 14.7. The van der Waals surface area contributed by atoms with E-state index in [4.69, 9.17) is 37.9 Å². The molecule has 0 saturated carbocycles. The van der Waals surface area contributed by atoms with Gasteiger partial charge in [-0.2, -0.15) is 0 Å². The summed E-state index contributed by atoms with van der Waals surface area (Å²) in [5.41, 5.74) is -2.83. The van der Waals surface area contributed by atoms with Crippen molar-refractivity contribution in [1.82, 2.24) is 4.90 Å². The Labute approximate surface area is 344 Å². The number of likely N-dealkylation sites (N-methyl/N-ethyl adjacent to an activating group) is 1. The second-order valence-electron chi connectivity index (χ2n) is 18.1. The molecule has 1 aromatic carbocycles. The van der Waals surface area contributed by atoms with Crippen molar-refractivity contribution < 1.29 is 62.8 Å². The first-order valence-corrected chi connectivity index (χ1v) is 20.9. The number of hydrogen-bond donors (Lipinski definition) is 3. The second-order valence-corrected chi connectivity index (χ2v) is 18.1. The van der Waals surface area contributed by atoms with Crippen LogP contribution in [0.1, 0.15) is 105 Å². The molecule has 4 heterocycles. The van der Waals surface area contributed by atoms with Crippen molar-refractivity contribution in [2.24, 2.45) is 17.8 Å². The molecule has 1 aromatic rings. The first-order valence-electron chi connectivity index (χ1n) is 20.9. The summed E-state index contributed by atoms with van der Waals surface area (Å²) in [5, 5.41) is 35.2. The molecule has 3 N–H and O–H groups in total. The van der Waals surface area contributed by atoms with Crippen molar-refractivity contribution in [3.05, 3.63) is 47.2 Å². The van der Waals surface area contributed by atoms with Crippen LogP contribution in [0.25, 0.3) is 0 Å². The number of carbonyl (C=O) groups excluding carboxylic acids is 2. The van der Waals surface area contributed by atoms with E-state index < -0.39 is 102 Å². The highest BCUT2D eigenvalue weighted by Crippen LogP contribution is 2.48. The fraction of sp³-hybridized carbons (Fsp3) is 0.773.